The fourth-order valence-corrected chi connectivity index (χ4v) is 1.81. The lowest BCUT2D eigenvalue weighted by Gasteiger charge is -2.02. The summed E-state index contributed by atoms with van der Waals surface area (Å²) in [7, 11) is 1.88. The fourth-order valence-electron chi connectivity index (χ4n) is 1.81. The Bertz CT molecular complexity index is 622. The molecule has 0 aliphatic carbocycles. The molecule has 0 saturated heterocycles. The quantitative estimate of drug-likeness (QED) is 0.797. The first-order chi connectivity index (χ1) is 8.74. The van der Waals surface area contributed by atoms with Crippen LogP contribution in [0.1, 0.15) is 23.4 Å². The molecule has 6 nitrogen and oxygen atoms in total. The van der Waals surface area contributed by atoms with Crippen molar-refractivity contribution in [1.82, 2.24) is 19.3 Å². The highest BCUT2D eigenvalue weighted by Gasteiger charge is 2.09. The van der Waals surface area contributed by atoms with Crippen LogP contribution in [0.3, 0.4) is 0 Å². The summed E-state index contributed by atoms with van der Waals surface area (Å²) in [6, 6.07) is 3.92. The predicted molar refractivity (Wildman–Crippen MR) is 63.2 cm³/mol. The standard InChI is InChI=1S/C12H12N6/c1-17-8-10(7-16-17)3-2-4-18-9-15-11(5-13)12(18)6-14/h7-9H,2-4H2,1H3. The summed E-state index contributed by atoms with van der Waals surface area (Å²) in [5.41, 5.74) is 1.69. The molecule has 2 heterocycles. The monoisotopic (exact) mass is 240 g/mol. The van der Waals surface area contributed by atoms with Gasteiger partial charge in [0, 0.05) is 19.8 Å². The normalized spacial score (nSPS) is 9.94. The van der Waals surface area contributed by atoms with Crippen LogP contribution in [0.25, 0.3) is 0 Å². The lowest BCUT2D eigenvalue weighted by molar-refractivity contribution is 0.636. The van der Waals surface area contributed by atoms with Crippen LogP contribution in [0.2, 0.25) is 0 Å². The first-order valence-corrected chi connectivity index (χ1v) is 5.57. The van der Waals surface area contributed by atoms with E-state index in [9.17, 15) is 0 Å². The minimum absolute atomic E-state index is 0.193. The average Bonchev–Trinajstić information content (AvgIpc) is 2.95. The molecule has 0 fully saturated rings. The maximum absolute atomic E-state index is 8.96. The number of nitrogens with zero attached hydrogens (tertiary/aromatic N) is 6. The van der Waals surface area contributed by atoms with Gasteiger partial charge in [-0.2, -0.15) is 15.6 Å². The second-order valence-electron chi connectivity index (χ2n) is 3.98. The Morgan fingerprint density at radius 1 is 1.33 bits per heavy atom. The molecule has 90 valence electrons. The fraction of sp³-hybridized carbons (Fsp3) is 0.333. The smallest absolute Gasteiger partial charge is 0.176 e. The molecule has 2 aromatic rings. The third-order valence-corrected chi connectivity index (χ3v) is 2.67. The zero-order chi connectivity index (χ0) is 13.0. The van der Waals surface area contributed by atoms with Crippen LogP contribution < -0.4 is 0 Å². The van der Waals surface area contributed by atoms with Gasteiger partial charge in [0.05, 0.1) is 12.5 Å². The van der Waals surface area contributed by atoms with Crippen molar-refractivity contribution in [3.8, 4) is 12.1 Å². The van der Waals surface area contributed by atoms with E-state index in [1.165, 1.54) is 0 Å². The molecule has 6 heteroatoms. The van der Waals surface area contributed by atoms with Crippen molar-refractivity contribution in [2.24, 2.45) is 7.05 Å². The highest BCUT2D eigenvalue weighted by atomic mass is 15.2. The molecule has 0 aliphatic heterocycles. The van der Waals surface area contributed by atoms with Crippen molar-refractivity contribution in [1.29, 1.82) is 10.5 Å². The molecule has 18 heavy (non-hydrogen) atoms. The topological polar surface area (TPSA) is 83.2 Å². The zero-order valence-electron chi connectivity index (χ0n) is 10.0. The first kappa shape index (κ1) is 11.9. The summed E-state index contributed by atoms with van der Waals surface area (Å²) >= 11 is 0. The van der Waals surface area contributed by atoms with Gasteiger partial charge in [-0.25, -0.2) is 4.98 Å². The minimum atomic E-state index is 0.193. The summed E-state index contributed by atoms with van der Waals surface area (Å²) in [5.74, 6) is 0. The largest absolute Gasteiger partial charge is 0.321 e. The van der Waals surface area contributed by atoms with E-state index in [0.29, 0.717) is 12.2 Å². The van der Waals surface area contributed by atoms with Crippen LogP contribution in [0, 0.1) is 22.7 Å². The van der Waals surface area contributed by atoms with Gasteiger partial charge in [0.2, 0.25) is 0 Å². The Kier molecular flexibility index (Phi) is 3.40. The Morgan fingerprint density at radius 3 is 2.78 bits per heavy atom. The molecule has 0 spiro atoms. The number of aryl methyl sites for hydroxylation is 3. The van der Waals surface area contributed by atoms with Crippen molar-refractivity contribution in [3.05, 3.63) is 35.7 Å². The number of hydrogen-bond acceptors (Lipinski definition) is 4. The lowest BCUT2D eigenvalue weighted by Crippen LogP contribution is -2.01. The van der Waals surface area contributed by atoms with E-state index in [2.05, 4.69) is 10.1 Å². The van der Waals surface area contributed by atoms with Crippen LogP contribution in [-0.2, 0) is 20.0 Å². The molecule has 0 atom stereocenters. The second kappa shape index (κ2) is 5.15. The number of nitriles is 2. The molecule has 0 aromatic carbocycles. The molecule has 0 radical (unpaired) electrons. The number of imidazole rings is 1. The summed E-state index contributed by atoms with van der Waals surface area (Å²) in [6.07, 6.45) is 7.11. The van der Waals surface area contributed by atoms with Gasteiger partial charge >= 0.3 is 0 Å². The third-order valence-electron chi connectivity index (χ3n) is 2.67. The van der Waals surface area contributed by atoms with Gasteiger partial charge in [0.1, 0.15) is 12.1 Å². The van der Waals surface area contributed by atoms with Gasteiger partial charge in [-0.3, -0.25) is 4.68 Å². The Balaban J connectivity index is 1.97. The van der Waals surface area contributed by atoms with Crippen LogP contribution in [0.4, 0.5) is 0 Å². The van der Waals surface area contributed by atoms with Crippen molar-refractivity contribution in [2.45, 2.75) is 19.4 Å². The SMILES string of the molecule is Cn1cc(CCCn2cnc(C#N)c2C#N)cn1. The molecule has 0 saturated carbocycles. The maximum Gasteiger partial charge on any atom is 0.176 e. The lowest BCUT2D eigenvalue weighted by atomic mass is 10.2. The van der Waals surface area contributed by atoms with Crippen LogP contribution >= 0.6 is 0 Å². The van der Waals surface area contributed by atoms with Crippen molar-refractivity contribution < 1.29 is 0 Å². The summed E-state index contributed by atoms with van der Waals surface area (Å²) in [4.78, 5) is 3.90. The van der Waals surface area contributed by atoms with E-state index in [4.69, 9.17) is 10.5 Å². The molecule has 0 aliphatic rings. The van der Waals surface area contributed by atoms with Gasteiger partial charge in [0.15, 0.2) is 11.4 Å². The van der Waals surface area contributed by atoms with E-state index >= 15 is 0 Å². The maximum atomic E-state index is 8.96. The molecule has 0 unspecified atom stereocenters. The van der Waals surface area contributed by atoms with Crippen molar-refractivity contribution in [3.63, 3.8) is 0 Å². The van der Waals surface area contributed by atoms with Crippen LogP contribution in [0.15, 0.2) is 18.7 Å². The molecule has 0 bridgehead atoms. The number of aromatic nitrogens is 4. The molecular weight excluding hydrogens is 228 g/mol. The highest BCUT2D eigenvalue weighted by molar-refractivity contribution is 5.35. The summed E-state index contributed by atoms with van der Waals surface area (Å²) in [5, 5.41) is 21.8. The predicted octanol–water partition coefficient (Wildman–Crippen LogP) is 0.993. The minimum Gasteiger partial charge on any atom is -0.321 e. The van der Waals surface area contributed by atoms with Crippen LogP contribution in [0.5, 0.6) is 0 Å². The van der Waals surface area contributed by atoms with Gasteiger partial charge < -0.3 is 4.57 Å². The number of hydrogen-bond donors (Lipinski definition) is 0. The van der Waals surface area contributed by atoms with Gasteiger partial charge in [-0.15, -0.1) is 0 Å². The van der Waals surface area contributed by atoms with Crippen molar-refractivity contribution >= 4 is 0 Å². The molecular formula is C12H12N6. The van der Waals surface area contributed by atoms with Gasteiger partial charge in [-0.1, -0.05) is 0 Å². The van der Waals surface area contributed by atoms with E-state index in [-0.39, 0.29) is 5.69 Å². The summed E-state index contributed by atoms with van der Waals surface area (Å²) < 4.78 is 3.48. The molecule has 2 rings (SSSR count). The van der Waals surface area contributed by atoms with Crippen molar-refractivity contribution in [2.75, 3.05) is 0 Å². The average molecular weight is 240 g/mol. The molecule has 0 amide bonds. The number of rotatable bonds is 4. The van der Waals surface area contributed by atoms with E-state index in [1.54, 1.807) is 15.6 Å². The Morgan fingerprint density at radius 2 is 2.17 bits per heavy atom. The third kappa shape index (κ3) is 2.38. The van der Waals surface area contributed by atoms with Crippen LogP contribution in [-0.4, -0.2) is 19.3 Å². The van der Waals surface area contributed by atoms with E-state index in [0.717, 1.165) is 18.4 Å². The van der Waals surface area contributed by atoms with Gasteiger partial charge in [-0.05, 0) is 18.4 Å². The first-order valence-electron chi connectivity index (χ1n) is 5.57. The highest BCUT2D eigenvalue weighted by Crippen LogP contribution is 2.08. The van der Waals surface area contributed by atoms with Gasteiger partial charge in [0.25, 0.3) is 0 Å². The molecule has 2 aromatic heterocycles. The van der Waals surface area contributed by atoms with E-state index in [1.807, 2.05) is 31.6 Å². The summed E-state index contributed by atoms with van der Waals surface area (Å²) in [6.45, 7) is 0.673. The molecule has 0 N–H and O–H groups in total. The second-order valence-corrected chi connectivity index (χ2v) is 3.98. The zero-order valence-corrected chi connectivity index (χ0v) is 10.0. The Hall–Kier alpha value is -2.60. The van der Waals surface area contributed by atoms with E-state index < -0.39 is 0 Å². The Labute approximate surface area is 105 Å².